The lowest BCUT2D eigenvalue weighted by molar-refractivity contribution is -0.115. The highest BCUT2D eigenvalue weighted by Gasteiger charge is 2.10. The molecular weight excluding hydrogens is 340 g/mol. The highest BCUT2D eigenvalue weighted by Crippen LogP contribution is 2.26. The van der Waals surface area contributed by atoms with Crippen LogP contribution in [-0.4, -0.2) is 5.91 Å². The van der Waals surface area contributed by atoms with Crippen LogP contribution in [0.5, 0.6) is 0 Å². The number of hydrogen-bond acceptors (Lipinski definition) is 1. The normalized spacial score (nSPS) is 10.4. The van der Waals surface area contributed by atoms with Gasteiger partial charge in [0.05, 0.1) is 17.1 Å². The number of amides is 1. The molecule has 6 heteroatoms. The quantitative estimate of drug-likeness (QED) is 0.781. The Bertz CT molecular complexity index is 658. The molecule has 0 fully saturated rings. The van der Waals surface area contributed by atoms with Crippen LogP contribution in [-0.2, 0) is 11.2 Å². The van der Waals surface area contributed by atoms with Gasteiger partial charge in [0.25, 0.3) is 0 Å². The van der Waals surface area contributed by atoms with Crippen LogP contribution in [0.1, 0.15) is 5.56 Å². The van der Waals surface area contributed by atoms with E-state index in [2.05, 4.69) is 5.32 Å². The topological polar surface area (TPSA) is 29.1 Å². The first-order valence-electron chi connectivity index (χ1n) is 5.64. The minimum absolute atomic E-state index is 0.124. The van der Waals surface area contributed by atoms with Gasteiger partial charge in [0.15, 0.2) is 0 Å². The van der Waals surface area contributed by atoms with Crippen LogP contribution in [0.4, 0.5) is 5.69 Å². The summed E-state index contributed by atoms with van der Waals surface area (Å²) in [4.78, 5) is 12.0. The van der Waals surface area contributed by atoms with Crippen LogP contribution in [0, 0.1) is 0 Å². The second-order valence-corrected chi connectivity index (χ2v) is 5.77. The van der Waals surface area contributed by atoms with Crippen molar-refractivity contribution in [3.05, 3.63) is 62.1 Å². The smallest absolute Gasteiger partial charge is 0.228 e. The first-order valence-corrected chi connectivity index (χ1v) is 7.16. The standard InChI is InChI=1S/C14H9Cl4NO/c15-9-2-1-8(12(18)6-9)5-14(20)19-13-7-10(16)3-4-11(13)17/h1-4,6-7H,5H2,(H,19,20). The van der Waals surface area contributed by atoms with Gasteiger partial charge in [0, 0.05) is 15.1 Å². The number of halogens is 4. The summed E-state index contributed by atoms with van der Waals surface area (Å²) in [5.74, 6) is -0.238. The Morgan fingerprint density at radius 1 is 0.900 bits per heavy atom. The van der Waals surface area contributed by atoms with E-state index in [1.807, 2.05) is 0 Å². The summed E-state index contributed by atoms with van der Waals surface area (Å²) in [5.41, 5.74) is 1.15. The largest absolute Gasteiger partial charge is 0.324 e. The van der Waals surface area contributed by atoms with Crippen molar-refractivity contribution >= 4 is 58.0 Å². The van der Waals surface area contributed by atoms with Gasteiger partial charge >= 0.3 is 0 Å². The number of benzene rings is 2. The summed E-state index contributed by atoms with van der Waals surface area (Å²) in [6.45, 7) is 0. The number of anilines is 1. The van der Waals surface area contributed by atoms with E-state index in [-0.39, 0.29) is 12.3 Å². The SMILES string of the molecule is O=C(Cc1ccc(Cl)cc1Cl)Nc1cc(Cl)ccc1Cl. The predicted molar refractivity (Wildman–Crippen MR) is 85.3 cm³/mol. The summed E-state index contributed by atoms with van der Waals surface area (Å²) in [5, 5.41) is 4.58. The number of rotatable bonds is 3. The summed E-state index contributed by atoms with van der Waals surface area (Å²) in [7, 11) is 0. The highest BCUT2D eigenvalue weighted by molar-refractivity contribution is 6.36. The van der Waals surface area contributed by atoms with E-state index in [1.54, 1.807) is 36.4 Å². The Labute approximate surface area is 136 Å². The van der Waals surface area contributed by atoms with Crippen molar-refractivity contribution in [1.29, 1.82) is 0 Å². The lowest BCUT2D eigenvalue weighted by Gasteiger charge is -2.09. The molecule has 0 atom stereocenters. The summed E-state index contributed by atoms with van der Waals surface area (Å²) in [6, 6.07) is 9.85. The van der Waals surface area contributed by atoms with Crippen LogP contribution in [0.2, 0.25) is 20.1 Å². The lowest BCUT2D eigenvalue weighted by Crippen LogP contribution is -2.14. The molecule has 0 heterocycles. The minimum Gasteiger partial charge on any atom is -0.324 e. The molecule has 0 aliphatic carbocycles. The molecule has 0 aliphatic rings. The second-order valence-electron chi connectivity index (χ2n) is 4.08. The first-order chi connectivity index (χ1) is 9.45. The number of carbonyl (C=O) groups excluding carboxylic acids is 1. The van der Waals surface area contributed by atoms with Crippen molar-refractivity contribution in [3.8, 4) is 0 Å². The van der Waals surface area contributed by atoms with Gasteiger partial charge in [0.2, 0.25) is 5.91 Å². The van der Waals surface area contributed by atoms with Crippen LogP contribution >= 0.6 is 46.4 Å². The van der Waals surface area contributed by atoms with Gasteiger partial charge in [-0.2, -0.15) is 0 Å². The maximum absolute atomic E-state index is 12.0. The van der Waals surface area contributed by atoms with Gasteiger partial charge in [-0.05, 0) is 35.9 Å². The van der Waals surface area contributed by atoms with Crippen LogP contribution in [0.3, 0.4) is 0 Å². The molecule has 2 nitrogen and oxygen atoms in total. The van der Waals surface area contributed by atoms with Gasteiger partial charge in [-0.15, -0.1) is 0 Å². The van der Waals surface area contributed by atoms with E-state index in [4.69, 9.17) is 46.4 Å². The molecule has 0 unspecified atom stereocenters. The zero-order valence-electron chi connectivity index (χ0n) is 10.1. The Kier molecular flexibility index (Phi) is 5.17. The van der Waals surface area contributed by atoms with Gasteiger partial charge in [-0.1, -0.05) is 52.5 Å². The second kappa shape index (κ2) is 6.68. The Morgan fingerprint density at radius 3 is 2.25 bits per heavy atom. The number of hydrogen-bond donors (Lipinski definition) is 1. The molecule has 0 aromatic heterocycles. The average Bonchev–Trinajstić information content (AvgIpc) is 2.37. The predicted octanol–water partition coefficient (Wildman–Crippen LogP) is 5.48. The highest BCUT2D eigenvalue weighted by atomic mass is 35.5. The lowest BCUT2D eigenvalue weighted by atomic mass is 10.1. The first kappa shape index (κ1) is 15.5. The van der Waals surface area contributed by atoms with Crippen LogP contribution in [0.25, 0.3) is 0 Å². The third-order valence-electron chi connectivity index (χ3n) is 2.57. The molecule has 0 aliphatic heterocycles. The van der Waals surface area contributed by atoms with Crippen molar-refractivity contribution in [2.75, 3.05) is 5.32 Å². The minimum atomic E-state index is -0.238. The van der Waals surface area contributed by atoms with Gasteiger partial charge in [-0.3, -0.25) is 4.79 Å². The molecule has 20 heavy (non-hydrogen) atoms. The van der Waals surface area contributed by atoms with Crippen molar-refractivity contribution in [2.45, 2.75) is 6.42 Å². The maximum Gasteiger partial charge on any atom is 0.228 e. The Hall–Kier alpha value is -0.930. The van der Waals surface area contributed by atoms with Crippen molar-refractivity contribution in [3.63, 3.8) is 0 Å². The molecule has 2 aromatic carbocycles. The fourth-order valence-corrected chi connectivity index (χ4v) is 2.44. The summed E-state index contributed by atoms with van der Waals surface area (Å²) >= 11 is 23.7. The van der Waals surface area contributed by atoms with Crippen LogP contribution < -0.4 is 5.32 Å². The molecule has 0 radical (unpaired) electrons. The number of nitrogens with one attached hydrogen (secondary N) is 1. The molecule has 0 saturated carbocycles. The fraction of sp³-hybridized carbons (Fsp3) is 0.0714. The molecule has 2 rings (SSSR count). The summed E-state index contributed by atoms with van der Waals surface area (Å²) in [6.07, 6.45) is 0.124. The van der Waals surface area contributed by atoms with Gasteiger partial charge < -0.3 is 5.32 Å². The van der Waals surface area contributed by atoms with Crippen LogP contribution in [0.15, 0.2) is 36.4 Å². The van der Waals surface area contributed by atoms with E-state index in [0.29, 0.717) is 31.3 Å². The molecule has 0 bridgehead atoms. The van der Waals surface area contributed by atoms with Gasteiger partial charge in [0.1, 0.15) is 0 Å². The third-order valence-corrected chi connectivity index (χ3v) is 3.72. The van der Waals surface area contributed by atoms with Crippen molar-refractivity contribution in [1.82, 2.24) is 0 Å². The molecule has 1 N–H and O–H groups in total. The molecule has 0 saturated heterocycles. The Morgan fingerprint density at radius 2 is 1.55 bits per heavy atom. The number of carbonyl (C=O) groups is 1. The summed E-state index contributed by atoms with van der Waals surface area (Å²) < 4.78 is 0. The van der Waals surface area contributed by atoms with Crippen molar-refractivity contribution < 1.29 is 4.79 Å². The van der Waals surface area contributed by atoms with E-state index in [9.17, 15) is 4.79 Å². The van der Waals surface area contributed by atoms with Gasteiger partial charge in [-0.25, -0.2) is 0 Å². The van der Waals surface area contributed by atoms with E-state index < -0.39 is 0 Å². The fourth-order valence-electron chi connectivity index (χ4n) is 1.63. The monoisotopic (exact) mass is 347 g/mol. The van der Waals surface area contributed by atoms with E-state index >= 15 is 0 Å². The van der Waals surface area contributed by atoms with E-state index in [0.717, 1.165) is 0 Å². The molecule has 1 amide bonds. The molecular formula is C14H9Cl4NO. The zero-order chi connectivity index (χ0) is 14.7. The average molecular weight is 349 g/mol. The Balaban J connectivity index is 2.11. The molecule has 0 spiro atoms. The van der Waals surface area contributed by atoms with E-state index in [1.165, 1.54) is 0 Å². The third kappa shape index (κ3) is 4.03. The maximum atomic E-state index is 12.0. The van der Waals surface area contributed by atoms with Crippen molar-refractivity contribution in [2.24, 2.45) is 0 Å². The zero-order valence-corrected chi connectivity index (χ0v) is 13.1. The molecule has 2 aromatic rings. The molecule has 104 valence electrons.